The molecule has 1 N–H and O–H groups in total. The van der Waals surface area contributed by atoms with Gasteiger partial charge in [0.2, 0.25) is 0 Å². The van der Waals surface area contributed by atoms with Crippen molar-refractivity contribution in [3.05, 3.63) is 34.6 Å². The Labute approximate surface area is 101 Å². The first-order chi connectivity index (χ1) is 7.64. The Kier molecular flexibility index (Phi) is 3.94. The van der Waals surface area contributed by atoms with Crippen LogP contribution in [0.5, 0.6) is 0 Å². The molecule has 0 fully saturated rings. The minimum atomic E-state index is -3.34. The number of aliphatic hydroxyl groups excluding tert-OH is 1. The van der Waals surface area contributed by atoms with E-state index >= 15 is 0 Å². The molecule has 0 aliphatic rings. The maximum atomic E-state index is 13.1. The van der Waals surface area contributed by atoms with Crippen molar-refractivity contribution < 1.29 is 17.9 Å². The quantitative estimate of drug-likeness (QED) is 0.903. The van der Waals surface area contributed by atoms with Crippen LogP contribution in [0.25, 0.3) is 0 Å². The smallest absolute Gasteiger partial charge is 0.152 e. The van der Waals surface area contributed by atoms with Crippen molar-refractivity contribution in [3.63, 3.8) is 0 Å². The van der Waals surface area contributed by atoms with E-state index in [0.29, 0.717) is 16.7 Å². The molecule has 0 aliphatic heterocycles. The van der Waals surface area contributed by atoms with Crippen molar-refractivity contribution in [2.45, 2.75) is 32.1 Å². The fourth-order valence-electron chi connectivity index (χ4n) is 1.86. The van der Waals surface area contributed by atoms with Crippen LogP contribution in [-0.2, 0) is 9.84 Å². The molecule has 96 valence electrons. The highest BCUT2D eigenvalue weighted by atomic mass is 32.2. The lowest BCUT2D eigenvalue weighted by Crippen LogP contribution is -2.25. The Morgan fingerprint density at radius 2 is 1.65 bits per heavy atom. The van der Waals surface area contributed by atoms with E-state index in [9.17, 15) is 17.9 Å². The average Bonchev–Trinajstić information content (AvgIpc) is 2.13. The van der Waals surface area contributed by atoms with Crippen molar-refractivity contribution in [1.29, 1.82) is 0 Å². The zero-order valence-electron chi connectivity index (χ0n) is 10.4. The molecule has 2 atom stereocenters. The third-order valence-electron chi connectivity index (χ3n) is 2.97. The Balaban J connectivity index is 3.26. The van der Waals surface area contributed by atoms with Crippen molar-refractivity contribution in [3.8, 4) is 0 Å². The molecule has 0 amide bonds. The summed E-state index contributed by atoms with van der Waals surface area (Å²) in [4.78, 5) is 0. The summed E-state index contributed by atoms with van der Waals surface area (Å²) in [5.41, 5.74) is 1.61. The molecule has 0 heterocycles. The highest BCUT2D eigenvalue weighted by Gasteiger charge is 2.27. The van der Waals surface area contributed by atoms with Gasteiger partial charge in [-0.3, -0.25) is 0 Å². The van der Waals surface area contributed by atoms with Gasteiger partial charge in [-0.05, 0) is 49.6 Å². The van der Waals surface area contributed by atoms with Gasteiger partial charge in [-0.1, -0.05) is 0 Å². The highest BCUT2D eigenvalue weighted by Crippen LogP contribution is 2.28. The second-order valence-electron chi connectivity index (χ2n) is 4.43. The topological polar surface area (TPSA) is 54.4 Å². The lowest BCUT2D eigenvalue weighted by Gasteiger charge is -2.21. The van der Waals surface area contributed by atoms with Gasteiger partial charge in [-0.15, -0.1) is 0 Å². The van der Waals surface area contributed by atoms with Crippen molar-refractivity contribution in [1.82, 2.24) is 0 Å². The van der Waals surface area contributed by atoms with E-state index in [-0.39, 0.29) is 5.82 Å². The second kappa shape index (κ2) is 4.74. The van der Waals surface area contributed by atoms with Crippen LogP contribution >= 0.6 is 0 Å². The summed E-state index contributed by atoms with van der Waals surface area (Å²) in [5, 5.41) is 9.16. The van der Waals surface area contributed by atoms with Gasteiger partial charge in [0.1, 0.15) is 5.82 Å². The number of hydrogen-bond acceptors (Lipinski definition) is 3. The van der Waals surface area contributed by atoms with Crippen LogP contribution in [0, 0.1) is 19.7 Å². The third kappa shape index (κ3) is 3.04. The molecule has 0 radical (unpaired) electrons. The third-order valence-corrected chi connectivity index (χ3v) is 4.58. The van der Waals surface area contributed by atoms with Gasteiger partial charge in [0.15, 0.2) is 9.84 Å². The first-order valence-electron chi connectivity index (χ1n) is 5.28. The molecule has 1 aromatic carbocycles. The second-order valence-corrected chi connectivity index (χ2v) is 6.84. The fraction of sp³-hybridized carbons (Fsp3) is 0.500. The Morgan fingerprint density at radius 1 is 1.24 bits per heavy atom. The van der Waals surface area contributed by atoms with Gasteiger partial charge in [-0.2, -0.15) is 0 Å². The molecule has 0 aromatic heterocycles. The van der Waals surface area contributed by atoms with Crippen LogP contribution in [0.4, 0.5) is 4.39 Å². The molecule has 2 unspecified atom stereocenters. The van der Waals surface area contributed by atoms with Gasteiger partial charge < -0.3 is 5.11 Å². The molecular formula is C12H17FO3S. The van der Waals surface area contributed by atoms with E-state index in [2.05, 4.69) is 0 Å². The summed E-state index contributed by atoms with van der Waals surface area (Å²) in [6.07, 6.45) is -0.0553. The number of aryl methyl sites for hydroxylation is 2. The molecule has 0 saturated carbocycles. The van der Waals surface area contributed by atoms with Crippen LogP contribution in [0.3, 0.4) is 0 Å². The molecule has 0 bridgehead atoms. The number of rotatable bonds is 3. The van der Waals surface area contributed by atoms with Gasteiger partial charge in [0.05, 0.1) is 11.4 Å². The maximum Gasteiger partial charge on any atom is 0.152 e. The minimum absolute atomic E-state index is 0.386. The van der Waals surface area contributed by atoms with Gasteiger partial charge in [-0.25, -0.2) is 12.8 Å². The number of hydrogen-bond donors (Lipinski definition) is 1. The molecule has 1 aromatic rings. The van der Waals surface area contributed by atoms with E-state index in [4.69, 9.17) is 0 Å². The van der Waals surface area contributed by atoms with Crippen LogP contribution < -0.4 is 0 Å². The molecular weight excluding hydrogens is 243 g/mol. The lowest BCUT2D eigenvalue weighted by molar-refractivity contribution is 0.174. The van der Waals surface area contributed by atoms with Crippen LogP contribution in [0.1, 0.15) is 29.7 Å². The fourth-order valence-corrected chi connectivity index (χ4v) is 2.46. The van der Waals surface area contributed by atoms with Gasteiger partial charge >= 0.3 is 0 Å². The minimum Gasteiger partial charge on any atom is -0.387 e. The largest absolute Gasteiger partial charge is 0.387 e. The molecule has 3 nitrogen and oxygen atoms in total. The molecule has 0 saturated heterocycles. The van der Waals surface area contributed by atoms with E-state index in [1.54, 1.807) is 13.8 Å². The van der Waals surface area contributed by atoms with Gasteiger partial charge in [0.25, 0.3) is 0 Å². The summed E-state index contributed by atoms with van der Waals surface area (Å²) in [5.74, 6) is -0.386. The first kappa shape index (κ1) is 14.1. The zero-order chi connectivity index (χ0) is 13.4. The standard InChI is InChI=1S/C12H17FO3S/c1-7-5-10(13)6-8(2)11(7)12(14)9(3)17(4,15)16/h5-6,9,12,14H,1-4H3. The normalized spacial score (nSPS) is 15.6. The van der Waals surface area contributed by atoms with E-state index in [1.807, 2.05) is 0 Å². The van der Waals surface area contributed by atoms with E-state index in [0.717, 1.165) is 6.26 Å². The number of aliphatic hydroxyl groups is 1. The van der Waals surface area contributed by atoms with Crippen molar-refractivity contribution >= 4 is 9.84 Å². The summed E-state index contributed by atoms with van der Waals surface area (Å²) < 4.78 is 35.9. The number of sulfone groups is 1. The van der Waals surface area contributed by atoms with Crippen molar-refractivity contribution in [2.75, 3.05) is 6.26 Å². The molecule has 0 spiro atoms. The predicted molar refractivity (Wildman–Crippen MR) is 65.1 cm³/mol. The number of benzene rings is 1. The SMILES string of the molecule is Cc1cc(F)cc(C)c1C(O)C(C)S(C)(=O)=O. The molecule has 0 aliphatic carbocycles. The Bertz CT molecular complexity index is 500. The number of halogens is 1. The summed E-state index contributed by atoms with van der Waals surface area (Å²) >= 11 is 0. The van der Waals surface area contributed by atoms with E-state index < -0.39 is 21.2 Å². The average molecular weight is 260 g/mol. The lowest BCUT2D eigenvalue weighted by atomic mass is 9.96. The summed E-state index contributed by atoms with van der Waals surface area (Å²) in [6, 6.07) is 2.58. The zero-order valence-corrected chi connectivity index (χ0v) is 11.2. The maximum absolute atomic E-state index is 13.1. The van der Waals surface area contributed by atoms with E-state index in [1.165, 1.54) is 19.1 Å². The predicted octanol–water partition coefficient (Wildman–Crippen LogP) is 1.91. The van der Waals surface area contributed by atoms with Crippen LogP contribution in [-0.4, -0.2) is 25.0 Å². The molecule has 5 heteroatoms. The first-order valence-corrected chi connectivity index (χ1v) is 7.23. The molecule has 1 rings (SSSR count). The Morgan fingerprint density at radius 3 is 2.00 bits per heavy atom. The highest BCUT2D eigenvalue weighted by molar-refractivity contribution is 7.91. The summed E-state index contributed by atoms with van der Waals surface area (Å²) in [6.45, 7) is 4.76. The van der Waals surface area contributed by atoms with Crippen LogP contribution in [0.2, 0.25) is 0 Å². The van der Waals surface area contributed by atoms with Gasteiger partial charge in [0, 0.05) is 6.26 Å². The summed E-state index contributed by atoms with van der Waals surface area (Å²) in [7, 11) is -3.34. The molecule has 17 heavy (non-hydrogen) atoms. The monoisotopic (exact) mass is 260 g/mol. The Hall–Kier alpha value is -0.940. The van der Waals surface area contributed by atoms with Crippen LogP contribution in [0.15, 0.2) is 12.1 Å². The van der Waals surface area contributed by atoms with Crippen molar-refractivity contribution in [2.24, 2.45) is 0 Å².